The number of rotatable bonds is 1. The Hall–Kier alpha value is -0.350. The maximum absolute atomic E-state index is 5.93. The summed E-state index contributed by atoms with van der Waals surface area (Å²) in [6.07, 6.45) is 1.80. The van der Waals surface area contributed by atoms with Crippen LogP contribution in [-0.4, -0.2) is 36.2 Å². The van der Waals surface area contributed by atoms with Crippen LogP contribution in [-0.2, 0) is 0 Å². The minimum Gasteiger partial charge on any atom is -0.363 e. The Morgan fingerprint density at radius 3 is 2.77 bits per heavy atom. The second-order valence-corrected chi connectivity index (χ2v) is 4.14. The molecule has 0 radical (unpaired) electrons. The van der Waals surface area contributed by atoms with Gasteiger partial charge in [-0.1, -0.05) is 11.6 Å². The van der Waals surface area contributed by atoms with Gasteiger partial charge in [-0.25, -0.2) is 4.99 Å². The molecule has 74 valence electrons. The SMILES string of the molecule is CN(C)C1=NC(C)(CS)NC(Cl)=C1. The van der Waals surface area contributed by atoms with Crippen LogP contribution in [0.4, 0.5) is 0 Å². The lowest BCUT2D eigenvalue weighted by molar-refractivity contribution is 0.452. The molecule has 0 aromatic heterocycles. The van der Waals surface area contributed by atoms with Crippen molar-refractivity contribution in [2.24, 2.45) is 4.99 Å². The Labute approximate surface area is 89.3 Å². The number of amidine groups is 1. The molecule has 0 saturated heterocycles. The zero-order valence-electron chi connectivity index (χ0n) is 8.00. The summed E-state index contributed by atoms with van der Waals surface area (Å²) >= 11 is 10.2. The quantitative estimate of drug-likeness (QED) is 0.514. The number of aliphatic imine (C=N–C) groups is 1. The summed E-state index contributed by atoms with van der Waals surface area (Å²) in [6.45, 7) is 1.96. The average molecular weight is 220 g/mol. The van der Waals surface area contributed by atoms with Gasteiger partial charge in [0, 0.05) is 25.9 Å². The maximum Gasteiger partial charge on any atom is 0.138 e. The van der Waals surface area contributed by atoms with Crippen molar-refractivity contribution >= 4 is 30.1 Å². The smallest absolute Gasteiger partial charge is 0.138 e. The lowest BCUT2D eigenvalue weighted by atomic mass is 10.2. The van der Waals surface area contributed by atoms with E-state index in [1.807, 2.05) is 25.9 Å². The number of likely N-dealkylation sites (N-methyl/N-ethyl adjacent to an activating group) is 1. The van der Waals surface area contributed by atoms with E-state index >= 15 is 0 Å². The van der Waals surface area contributed by atoms with Crippen molar-refractivity contribution in [3.8, 4) is 0 Å². The summed E-state index contributed by atoms with van der Waals surface area (Å²) in [4.78, 5) is 6.40. The molecule has 1 aliphatic heterocycles. The number of thiol groups is 1. The van der Waals surface area contributed by atoms with Crippen LogP contribution in [0.5, 0.6) is 0 Å². The fourth-order valence-corrected chi connectivity index (χ4v) is 1.47. The second kappa shape index (κ2) is 3.80. The fourth-order valence-electron chi connectivity index (χ4n) is 1.02. The molecule has 5 heteroatoms. The van der Waals surface area contributed by atoms with Gasteiger partial charge in [0.25, 0.3) is 0 Å². The topological polar surface area (TPSA) is 27.6 Å². The second-order valence-electron chi connectivity index (χ2n) is 3.41. The number of nitrogens with one attached hydrogen (secondary N) is 1. The summed E-state index contributed by atoms with van der Waals surface area (Å²) in [7, 11) is 3.87. The molecule has 0 aromatic carbocycles. The molecule has 1 heterocycles. The number of hydrogen-bond donors (Lipinski definition) is 2. The van der Waals surface area contributed by atoms with Gasteiger partial charge < -0.3 is 10.2 Å². The van der Waals surface area contributed by atoms with E-state index < -0.39 is 5.66 Å². The third-order valence-corrected chi connectivity index (χ3v) is 2.59. The molecule has 0 amide bonds. The lowest BCUT2D eigenvalue weighted by Gasteiger charge is -2.31. The Morgan fingerprint density at radius 2 is 2.31 bits per heavy atom. The summed E-state index contributed by atoms with van der Waals surface area (Å²) in [5, 5.41) is 3.67. The summed E-state index contributed by atoms with van der Waals surface area (Å²) in [5.74, 6) is 1.47. The van der Waals surface area contributed by atoms with Gasteiger partial charge in [-0.3, -0.25) is 0 Å². The van der Waals surface area contributed by atoms with Crippen molar-refractivity contribution < 1.29 is 0 Å². The van der Waals surface area contributed by atoms with Gasteiger partial charge in [0.2, 0.25) is 0 Å². The molecule has 1 atom stereocenters. The minimum absolute atomic E-state index is 0.394. The Morgan fingerprint density at radius 1 is 1.69 bits per heavy atom. The van der Waals surface area contributed by atoms with Crippen LogP contribution in [0.15, 0.2) is 16.2 Å². The first-order valence-corrected chi connectivity index (χ1v) is 5.01. The van der Waals surface area contributed by atoms with Crippen LogP contribution in [0.1, 0.15) is 6.92 Å². The van der Waals surface area contributed by atoms with E-state index in [9.17, 15) is 0 Å². The number of hydrogen-bond acceptors (Lipinski definition) is 4. The van der Waals surface area contributed by atoms with Gasteiger partial charge in [0.1, 0.15) is 16.7 Å². The third-order valence-electron chi connectivity index (χ3n) is 1.77. The first-order valence-electron chi connectivity index (χ1n) is 4.00. The highest BCUT2D eigenvalue weighted by Crippen LogP contribution is 2.18. The van der Waals surface area contributed by atoms with Crippen LogP contribution in [0.25, 0.3) is 0 Å². The standard InChI is InChI=1S/C8H14ClN3S/c1-8(5-13)10-6(9)4-7(11-8)12(2)3/h4,10,13H,5H2,1-3H3. The van der Waals surface area contributed by atoms with Gasteiger partial charge in [-0.05, 0) is 6.92 Å². The minimum atomic E-state index is -0.394. The molecule has 0 fully saturated rings. The van der Waals surface area contributed by atoms with E-state index in [1.54, 1.807) is 6.08 Å². The Bertz CT molecular complexity index is 262. The largest absolute Gasteiger partial charge is 0.363 e. The van der Waals surface area contributed by atoms with Gasteiger partial charge in [-0.2, -0.15) is 12.6 Å². The van der Waals surface area contributed by atoms with Crippen LogP contribution in [0.3, 0.4) is 0 Å². The molecular weight excluding hydrogens is 206 g/mol. The van der Waals surface area contributed by atoms with Crippen LogP contribution >= 0.6 is 24.2 Å². The van der Waals surface area contributed by atoms with E-state index in [2.05, 4.69) is 22.9 Å². The van der Waals surface area contributed by atoms with Crippen molar-refractivity contribution in [1.82, 2.24) is 10.2 Å². The van der Waals surface area contributed by atoms with E-state index in [-0.39, 0.29) is 0 Å². The van der Waals surface area contributed by atoms with Crippen molar-refractivity contribution in [3.63, 3.8) is 0 Å². The third kappa shape index (κ3) is 2.54. The highest BCUT2D eigenvalue weighted by molar-refractivity contribution is 7.80. The molecular formula is C8H14ClN3S. The van der Waals surface area contributed by atoms with Crippen LogP contribution in [0.2, 0.25) is 0 Å². The molecule has 0 saturated carbocycles. The number of nitrogens with zero attached hydrogens (tertiary/aromatic N) is 2. The summed E-state index contributed by atoms with van der Waals surface area (Å²) in [6, 6.07) is 0. The molecule has 1 N–H and O–H groups in total. The maximum atomic E-state index is 5.93. The molecule has 3 nitrogen and oxygen atoms in total. The van der Waals surface area contributed by atoms with E-state index in [0.29, 0.717) is 10.9 Å². The molecule has 1 rings (SSSR count). The normalized spacial score (nSPS) is 27.5. The molecule has 0 aromatic rings. The van der Waals surface area contributed by atoms with E-state index in [4.69, 9.17) is 11.6 Å². The zero-order chi connectivity index (χ0) is 10.1. The van der Waals surface area contributed by atoms with Crippen LogP contribution < -0.4 is 5.32 Å². The fraction of sp³-hybridized carbons (Fsp3) is 0.625. The lowest BCUT2D eigenvalue weighted by Crippen LogP contribution is -2.45. The summed E-state index contributed by atoms with van der Waals surface area (Å²) < 4.78 is 0. The van der Waals surface area contributed by atoms with Gasteiger partial charge in [-0.15, -0.1) is 0 Å². The van der Waals surface area contributed by atoms with E-state index in [0.717, 1.165) is 5.84 Å². The average Bonchev–Trinajstić information content (AvgIpc) is 2.03. The molecule has 13 heavy (non-hydrogen) atoms. The molecule has 1 aliphatic rings. The van der Waals surface area contributed by atoms with Crippen molar-refractivity contribution in [2.45, 2.75) is 12.6 Å². The zero-order valence-corrected chi connectivity index (χ0v) is 9.65. The van der Waals surface area contributed by atoms with Crippen molar-refractivity contribution in [2.75, 3.05) is 19.8 Å². The monoisotopic (exact) mass is 219 g/mol. The molecule has 0 bridgehead atoms. The highest BCUT2D eigenvalue weighted by Gasteiger charge is 2.26. The molecule has 0 spiro atoms. The van der Waals surface area contributed by atoms with Gasteiger partial charge in [0.15, 0.2) is 0 Å². The molecule has 1 unspecified atom stereocenters. The van der Waals surface area contributed by atoms with Crippen molar-refractivity contribution in [1.29, 1.82) is 0 Å². The first kappa shape index (κ1) is 10.7. The highest BCUT2D eigenvalue weighted by atomic mass is 35.5. The summed E-state index contributed by atoms with van der Waals surface area (Å²) in [5.41, 5.74) is -0.394. The molecule has 0 aliphatic carbocycles. The first-order chi connectivity index (χ1) is 5.97. The number of halogens is 1. The Balaban J connectivity index is 2.94. The van der Waals surface area contributed by atoms with E-state index in [1.165, 1.54) is 0 Å². The van der Waals surface area contributed by atoms with Crippen LogP contribution in [0, 0.1) is 0 Å². The predicted octanol–water partition coefficient (Wildman–Crippen LogP) is 1.28. The van der Waals surface area contributed by atoms with Gasteiger partial charge >= 0.3 is 0 Å². The van der Waals surface area contributed by atoms with Gasteiger partial charge in [0.05, 0.1) is 0 Å². The Kier molecular flexibility index (Phi) is 3.14. The van der Waals surface area contributed by atoms with Crippen molar-refractivity contribution in [3.05, 3.63) is 11.2 Å². The predicted molar refractivity (Wildman–Crippen MR) is 60.5 cm³/mol.